The molecule has 1 aliphatic carbocycles. The lowest BCUT2D eigenvalue weighted by molar-refractivity contribution is -0.130. The van der Waals surface area contributed by atoms with E-state index in [1.807, 2.05) is 85.2 Å². The van der Waals surface area contributed by atoms with Gasteiger partial charge in [-0.25, -0.2) is 0 Å². The molecule has 4 atom stereocenters. The van der Waals surface area contributed by atoms with Crippen molar-refractivity contribution in [1.82, 2.24) is 4.90 Å². The lowest BCUT2D eigenvalue weighted by Gasteiger charge is -2.39. The zero-order chi connectivity index (χ0) is 88.0. The van der Waals surface area contributed by atoms with Gasteiger partial charge in [0.2, 0.25) is 53.2 Å². The van der Waals surface area contributed by atoms with E-state index in [2.05, 4.69) is 62.4 Å². The molecule has 0 radical (unpaired) electrons. The van der Waals surface area contributed by atoms with E-state index in [-0.39, 0.29) is 106 Å². The summed E-state index contributed by atoms with van der Waals surface area (Å²) in [6.07, 6.45) is 6.19. The van der Waals surface area contributed by atoms with E-state index < -0.39 is 17.8 Å². The smallest absolute Gasteiger partial charge is 0.232 e. The Morgan fingerprint density at radius 1 is 0.368 bits per heavy atom. The maximum Gasteiger partial charge on any atom is 0.232 e. The summed E-state index contributed by atoms with van der Waals surface area (Å²) >= 11 is 24.2. The van der Waals surface area contributed by atoms with Crippen molar-refractivity contribution in [2.24, 2.45) is 23.7 Å². The van der Waals surface area contributed by atoms with Crippen molar-refractivity contribution in [3.05, 3.63) is 237 Å². The third-order valence-electron chi connectivity index (χ3n) is 27.0. The molecular formula is C98H93Cl4N13O10. The topological polar surface area (TPSA) is 287 Å². The van der Waals surface area contributed by atoms with Gasteiger partial charge in [0, 0.05) is 202 Å². The second-order valence-corrected chi connectivity index (χ2v) is 36.3. The van der Waals surface area contributed by atoms with Crippen LogP contribution in [0.2, 0.25) is 0 Å². The molecule has 8 aromatic carbocycles. The van der Waals surface area contributed by atoms with Crippen LogP contribution in [0.1, 0.15) is 152 Å². The van der Waals surface area contributed by atoms with E-state index in [1.54, 1.807) is 111 Å². The van der Waals surface area contributed by atoms with Crippen LogP contribution in [0.4, 0.5) is 45.5 Å². The number of amides is 9. The zero-order valence-electron chi connectivity index (χ0n) is 69.8. The predicted molar refractivity (Wildman–Crippen MR) is 479 cm³/mol. The molecule has 1 unspecified atom stereocenters. The standard InChI is InChI=1S/C27H27ClN4O3.C25H24ClN3O3.C23H20ClN3O2.C23H22ClN3O2/c1-18(33)30-9-7-27(8-10-30)17-32(24-6-5-19(14-28)12-23(24)27)26(35)21-13-25(34)31(16-21)22-4-2-3-20(11-22)15-29;26-13-17-4-5-22-21(11-17)25(6-8-32-9-7-25)16-29(22)24(31)19-12-23(30)28(15-19)20-3-1-2-18(10-20)14-27;24-11-15-4-5-20-19(9-15)23(6-7-23)14-27(20)22(29)17-10-21(28)26(13-17)18-3-1-2-16(8-18)12-25;1-23(2)14-27(20-7-6-15(11-24)9-19(20)23)22(29)17-10-21(28)26(13-17)18-5-3-4-16(8-18)12-25/h2-6,11-12,21H,7-10,13-14,16-17H2,1H3;1-5,10-11,19H,6-9,12-13,15-16H2;1-5,8-9,17H,6-7,10-11,13-14H2;3-9,17H,10-11,13-14H2,1-2H3/t21-;19-;17-;/m000./s1. The van der Waals surface area contributed by atoms with Gasteiger partial charge in [0.1, 0.15) is 0 Å². The van der Waals surface area contributed by atoms with Gasteiger partial charge in [-0.1, -0.05) is 86.6 Å². The minimum Gasteiger partial charge on any atom is -0.381 e. The number of halogens is 4. The highest BCUT2D eigenvalue weighted by atomic mass is 35.5. The van der Waals surface area contributed by atoms with Crippen molar-refractivity contribution in [2.75, 3.05) is 118 Å². The van der Waals surface area contributed by atoms with Crippen molar-refractivity contribution in [3.63, 3.8) is 0 Å². The molecule has 0 N–H and O–H groups in total. The summed E-state index contributed by atoms with van der Waals surface area (Å²) in [7, 11) is 0. The molecule has 3 spiro atoms. The van der Waals surface area contributed by atoms with Crippen molar-refractivity contribution < 1.29 is 47.9 Å². The fraction of sp³-hybridized carbons (Fsp3) is 0.378. The van der Waals surface area contributed by atoms with E-state index in [0.29, 0.717) is 147 Å². The van der Waals surface area contributed by atoms with Crippen LogP contribution in [0.3, 0.4) is 0 Å². The molecule has 0 bridgehead atoms. The number of nitriles is 4. The number of alkyl halides is 4. The van der Waals surface area contributed by atoms with Crippen molar-refractivity contribution in [3.8, 4) is 24.3 Å². The molecule has 638 valence electrons. The molecule has 6 saturated heterocycles. The molecule has 8 aromatic rings. The number of piperidine rings is 1. The Balaban J connectivity index is 0.000000123. The molecule has 27 heteroatoms. The number of benzene rings is 8. The monoisotopic (exact) mass is 1750 g/mol. The summed E-state index contributed by atoms with van der Waals surface area (Å²) in [6.45, 7) is 12.3. The maximum atomic E-state index is 13.8. The van der Waals surface area contributed by atoms with Gasteiger partial charge in [0.05, 0.1) is 70.2 Å². The van der Waals surface area contributed by atoms with E-state index >= 15 is 0 Å². The lowest BCUT2D eigenvalue weighted by Crippen LogP contribution is -2.48. The van der Waals surface area contributed by atoms with Crippen LogP contribution in [-0.2, 0) is 93.1 Å². The van der Waals surface area contributed by atoms with Gasteiger partial charge in [-0.2, -0.15) is 21.0 Å². The molecular weight excluding hydrogens is 1660 g/mol. The highest BCUT2D eigenvalue weighted by Crippen LogP contribution is 2.58. The van der Waals surface area contributed by atoms with Gasteiger partial charge in [0.15, 0.2) is 0 Å². The molecule has 23 nitrogen and oxygen atoms in total. The fourth-order valence-corrected chi connectivity index (χ4v) is 20.6. The number of carbonyl (C=O) groups is 9. The number of likely N-dealkylation sites (tertiary alicyclic amines) is 1. The first-order chi connectivity index (χ1) is 60.3. The van der Waals surface area contributed by atoms with Crippen molar-refractivity contribution in [2.45, 2.75) is 130 Å². The average Bonchev–Trinajstić information content (AvgIpc) is 1.55. The normalized spacial score (nSPS) is 20.9. The number of rotatable bonds is 12. The van der Waals surface area contributed by atoms with E-state index in [4.69, 9.17) is 61.7 Å². The first kappa shape index (κ1) is 86.6. The summed E-state index contributed by atoms with van der Waals surface area (Å²) < 4.78 is 5.62. The van der Waals surface area contributed by atoms with Gasteiger partial charge in [-0.15, -0.1) is 46.4 Å². The first-order valence-corrected chi connectivity index (χ1v) is 44.5. The molecule has 7 fully saturated rings. The van der Waals surface area contributed by atoms with Crippen LogP contribution in [0.25, 0.3) is 0 Å². The number of ether oxygens (including phenoxy) is 1. The second-order valence-electron chi connectivity index (χ2n) is 35.3. The zero-order valence-corrected chi connectivity index (χ0v) is 72.8. The summed E-state index contributed by atoms with van der Waals surface area (Å²) in [5, 5.41) is 36.6. The Hall–Kier alpha value is -11.9. The molecule has 11 aliphatic rings. The predicted octanol–water partition coefficient (Wildman–Crippen LogP) is 15.0. The largest absolute Gasteiger partial charge is 0.381 e. The third kappa shape index (κ3) is 16.9. The van der Waals surface area contributed by atoms with Crippen LogP contribution in [0.5, 0.6) is 0 Å². The molecule has 125 heavy (non-hydrogen) atoms. The van der Waals surface area contributed by atoms with Gasteiger partial charge < -0.3 is 48.8 Å². The number of nitrogens with zero attached hydrogens (tertiary/aromatic N) is 13. The minimum absolute atomic E-state index is 0.0134. The van der Waals surface area contributed by atoms with Crippen LogP contribution >= 0.6 is 46.4 Å². The van der Waals surface area contributed by atoms with Crippen LogP contribution in [0, 0.1) is 69.0 Å². The van der Waals surface area contributed by atoms with Gasteiger partial charge in [-0.05, 0) is 180 Å². The number of anilines is 8. The van der Waals surface area contributed by atoms with E-state index in [9.17, 15) is 53.7 Å². The fourth-order valence-electron chi connectivity index (χ4n) is 20.0. The Morgan fingerprint density at radius 3 is 0.920 bits per heavy atom. The number of fused-ring (bicyclic) bond motifs is 7. The molecule has 1 saturated carbocycles. The number of carbonyl (C=O) groups excluding carboxylic acids is 9. The Bertz CT molecular complexity index is 5730. The van der Waals surface area contributed by atoms with Crippen LogP contribution in [-0.4, -0.2) is 137 Å². The lowest BCUT2D eigenvalue weighted by atomic mass is 9.74. The quantitative estimate of drug-likeness (QED) is 0.103. The van der Waals surface area contributed by atoms with E-state index in [0.717, 1.165) is 94.7 Å². The SMILES string of the molecule is CC(=O)N1CCC2(CC1)CN(C(=O)[C@H]1CC(=O)N(c3cccc(C#N)c3)C1)c1ccc(CCl)cc12.CC1(C)CN(C(=O)C2CC(=O)N(c3cccc(C#N)c3)C2)c2ccc(CCl)cc21.N#Cc1cccc(N2C[C@@H](C(=O)N3CC4(CC4)c4cc(CCl)ccc43)CC2=O)c1.N#Cc1cccc(N2C[C@@H](C(=O)N3CC4(CCOCC4)c4cc(CCl)ccc43)CC2=O)c1. The highest BCUT2D eigenvalue weighted by Gasteiger charge is 2.56. The summed E-state index contributed by atoms with van der Waals surface area (Å²) in [5.41, 5.74) is 16.7. The molecule has 10 aliphatic heterocycles. The van der Waals surface area contributed by atoms with Gasteiger partial charge in [-0.3, -0.25) is 43.2 Å². The summed E-state index contributed by atoms with van der Waals surface area (Å²) in [6, 6.07) is 60.5. The minimum atomic E-state index is -0.457. The van der Waals surface area contributed by atoms with Gasteiger partial charge in [0.25, 0.3) is 0 Å². The van der Waals surface area contributed by atoms with Crippen molar-refractivity contribution in [1.29, 1.82) is 21.0 Å². The molecule has 10 heterocycles. The Kier molecular flexibility index (Phi) is 24.7. The Labute approximate surface area is 746 Å². The average molecular weight is 1750 g/mol. The third-order valence-corrected chi connectivity index (χ3v) is 28.2. The van der Waals surface area contributed by atoms with Crippen LogP contribution < -0.4 is 39.2 Å². The van der Waals surface area contributed by atoms with Gasteiger partial charge >= 0.3 is 0 Å². The number of hydrogen-bond acceptors (Lipinski definition) is 14. The molecule has 0 aromatic heterocycles. The van der Waals surface area contributed by atoms with E-state index in [1.165, 1.54) is 11.1 Å². The highest BCUT2D eigenvalue weighted by molar-refractivity contribution is 6.18. The Morgan fingerprint density at radius 2 is 0.640 bits per heavy atom. The number of hydrogen-bond donors (Lipinski definition) is 0. The van der Waals surface area contributed by atoms with Crippen molar-refractivity contribution >= 4 is 145 Å². The molecule has 19 rings (SSSR count). The van der Waals surface area contributed by atoms with Crippen LogP contribution in [0.15, 0.2) is 170 Å². The second kappa shape index (κ2) is 35.6. The summed E-state index contributed by atoms with van der Waals surface area (Å²) in [4.78, 5) is 133. The molecule has 9 amide bonds. The summed E-state index contributed by atoms with van der Waals surface area (Å²) in [5.74, 6) is -0.280. The maximum absolute atomic E-state index is 13.8. The first-order valence-electron chi connectivity index (χ1n) is 42.4.